The number of hydrogen-bond acceptors (Lipinski definition) is 4. The summed E-state index contributed by atoms with van der Waals surface area (Å²) in [5.41, 5.74) is 1.65. The number of nitrogens with one attached hydrogen (secondary N) is 1. The number of aliphatic hydroxyl groups excluding tert-OH is 1. The Hall–Kier alpha value is -1.65. The second kappa shape index (κ2) is 5.38. The molecule has 1 saturated heterocycles. The molecule has 0 amide bonds. The van der Waals surface area contributed by atoms with Crippen LogP contribution in [0.25, 0.3) is 11.0 Å². The molecule has 1 aromatic carbocycles. The van der Waals surface area contributed by atoms with E-state index in [4.69, 9.17) is 4.42 Å². The second-order valence-corrected chi connectivity index (χ2v) is 5.41. The van der Waals surface area contributed by atoms with E-state index >= 15 is 0 Å². The molecule has 106 valence electrons. The highest BCUT2D eigenvalue weighted by Gasteiger charge is 2.26. The number of rotatable bonds is 2. The maximum Gasteiger partial charge on any atom is 0.340 e. The van der Waals surface area contributed by atoms with Gasteiger partial charge in [0.1, 0.15) is 5.58 Å². The topological polar surface area (TPSA) is 62.5 Å². The summed E-state index contributed by atoms with van der Waals surface area (Å²) >= 11 is 0. The SMILES string of the molecule is CC(O)c1c(C2CCNCC2)c(=O)oc2ccccc12. The lowest BCUT2D eigenvalue weighted by Gasteiger charge is -2.25. The van der Waals surface area contributed by atoms with Gasteiger partial charge in [-0.3, -0.25) is 0 Å². The minimum Gasteiger partial charge on any atom is -0.423 e. The molecule has 1 unspecified atom stereocenters. The van der Waals surface area contributed by atoms with Gasteiger partial charge in [0, 0.05) is 16.5 Å². The molecule has 1 aromatic heterocycles. The van der Waals surface area contributed by atoms with Crippen molar-refractivity contribution >= 4 is 11.0 Å². The van der Waals surface area contributed by atoms with E-state index in [0.29, 0.717) is 11.1 Å². The first-order valence-electron chi connectivity index (χ1n) is 7.13. The average Bonchev–Trinajstić information content (AvgIpc) is 2.46. The van der Waals surface area contributed by atoms with Gasteiger partial charge in [0.25, 0.3) is 0 Å². The fourth-order valence-corrected chi connectivity index (χ4v) is 3.14. The highest BCUT2D eigenvalue weighted by atomic mass is 16.4. The maximum atomic E-state index is 12.4. The normalized spacial score (nSPS) is 18.3. The third kappa shape index (κ3) is 2.25. The molecular formula is C16H19NO3. The standard InChI is InChI=1S/C16H19NO3/c1-10(18)14-12-4-2-3-5-13(12)20-16(19)15(14)11-6-8-17-9-7-11/h2-5,10-11,17-18H,6-9H2,1H3. The van der Waals surface area contributed by atoms with Crippen molar-refractivity contribution in [2.45, 2.75) is 31.8 Å². The lowest BCUT2D eigenvalue weighted by atomic mass is 9.85. The molecule has 0 spiro atoms. The summed E-state index contributed by atoms with van der Waals surface area (Å²) in [5.74, 6) is 0.168. The minimum atomic E-state index is -0.672. The summed E-state index contributed by atoms with van der Waals surface area (Å²) in [5, 5.41) is 14.3. The summed E-state index contributed by atoms with van der Waals surface area (Å²) in [4.78, 5) is 12.4. The Balaban J connectivity index is 2.26. The third-order valence-corrected chi connectivity index (χ3v) is 4.06. The average molecular weight is 273 g/mol. The predicted molar refractivity (Wildman–Crippen MR) is 78.0 cm³/mol. The van der Waals surface area contributed by atoms with Crippen molar-refractivity contribution in [2.75, 3.05) is 13.1 Å². The fourth-order valence-electron chi connectivity index (χ4n) is 3.14. The van der Waals surface area contributed by atoms with Gasteiger partial charge in [-0.25, -0.2) is 4.79 Å². The highest BCUT2D eigenvalue weighted by Crippen LogP contribution is 2.33. The molecule has 20 heavy (non-hydrogen) atoms. The van der Waals surface area contributed by atoms with Crippen LogP contribution in [0.15, 0.2) is 33.5 Å². The largest absolute Gasteiger partial charge is 0.423 e. The van der Waals surface area contributed by atoms with Crippen molar-refractivity contribution in [3.63, 3.8) is 0 Å². The maximum absolute atomic E-state index is 12.4. The molecule has 1 aliphatic rings. The summed E-state index contributed by atoms with van der Waals surface area (Å²) in [6.45, 7) is 3.51. The van der Waals surface area contributed by atoms with Crippen molar-refractivity contribution < 1.29 is 9.52 Å². The lowest BCUT2D eigenvalue weighted by Crippen LogP contribution is -2.30. The van der Waals surface area contributed by atoms with Crippen LogP contribution in [-0.4, -0.2) is 18.2 Å². The van der Waals surface area contributed by atoms with E-state index in [1.165, 1.54) is 0 Å². The van der Waals surface area contributed by atoms with Crippen molar-refractivity contribution in [3.05, 3.63) is 45.8 Å². The molecule has 0 bridgehead atoms. The first-order valence-corrected chi connectivity index (χ1v) is 7.13. The van der Waals surface area contributed by atoms with Gasteiger partial charge in [0.2, 0.25) is 0 Å². The molecule has 0 saturated carbocycles. The smallest absolute Gasteiger partial charge is 0.340 e. The van der Waals surface area contributed by atoms with Crippen molar-refractivity contribution in [3.8, 4) is 0 Å². The Morgan fingerprint density at radius 2 is 2.00 bits per heavy atom. The van der Waals surface area contributed by atoms with Crippen LogP contribution in [0, 0.1) is 0 Å². The Labute approximate surface area is 117 Å². The quantitative estimate of drug-likeness (QED) is 0.824. The number of fused-ring (bicyclic) bond motifs is 1. The van der Waals surface area contributed by atoms with Gasteiger partial charge in [-0.05, 0) is 44.8 Å². The summed E-state index contributed by atoms with van der Waals surface area (Å²) in [6, 6.07) is 7.42. The van der Waals surface area contributed by atoms with E-state index in [2.05, 4.69) is 5.32 Å². The molecule has 4 nitrogen and oxygen atoms in total. The zero-order chi connectivity index (χ0) is 14.1. The molecule has 2 aromatic rings. The van der Waals surface area contributed by atoms with Crippen LogP contribution in [0.5, 0.6) is 0 Å². The van der Waals surface area contributed by atoms with E-state index in [-0.39, 0.29) is 11.5 Å². The highest BCUT2D eigenvalue weighted by molar-refractivity contribution is 5.81. The minimum absolute atomic E-state index is 0.168. The van der Waals surface area contributed by atoms with E-state index in [1.807, 2.05) is 18.2 Å². The molecule has 1 fully saturated rings. The summed E-state index contributed by atoms with van der Waals surface area (Å²) in [6.07, 6.45) is 1.14. The molecule has 1 atom stereocenters. The van der Waals surface area contributed by atoms with Crippen LogP contribution in [0.3, 0.4) is 0 Å². The van der Waals surface area contributed by atoms with Crippen LogP contribution in [-0.2, 0) is 0 Å². The monoisotopic (exact) mass is 273 g/mol. The number of aliphatic hydroxyl groups is 1. The van der Waals surface area contributed by atoms with E-state index in [9.17, 15) is 9.90 Å². The molecule has 0 aliphatic carbocycles. The molecule has 4 heteroatoms. The molecule has 2 N–H and O–H groups in total. The van der Waals surface area contributed by atoms with Crippen LogP contribution < -0.4 is 10.9 Å². The van der Waals surface area contributed by atoms with Gasteiger partial charge >= 0.3 is 5.63 Å². The zero-order valence-corrected chi connectivity index (χ0v) is 11.6. The third-order valence-electron chi connectivity index (χ3n) is 4.06. The van der Waals surface area contributed by atoms with Gasteiger partial charge in [-0.1, -0.05) is 18.2 Å². The van der Waals surface area contributed by atoms with Crippen LogP contribution in [0.1, 0.15) is 42.9 Å². The van der Waals surface area contributed by atoms with Crippen molar-refractivity contribution in [1.82, 2.24) is 5.32 Å². The Morgan fingerprint density at radius 1 is 1.30 bits per heavy atom. The molecule has 0 radical (unpaired) electrons. The van der Waals surface area contributed by atoms with Gasteiger partial charge < -0.3 is 14.8 Å². The van der Waals surface area contributed by atoms with Gasteiger partial charge in [0.15, 0.2) is 0 Å². The van der Waals surface area contributed by atoms with Gasteiger partial charge in [-0.2, -0.15) is 0 Å². The fraction of sp³-hybridized carbons (Fsp3) is 0.438. The predicted octanol–water partition coefficient (Wildman–Crippen LogP) is 2.31. The summed E-state index contributed by atoms with van der Waals surface area (Å²) in [7, 11) is 0. The Morgan fingerprint density at radius 3 is 2.70 bits per heavy atom. The van der Waals surface area contributed by atoms with Crippen LogP contribution in [0.2, 0.25) is 0 Å². The zero-order valence-electron chi connectivity index (χ0n) is 11.6. The number of para-hydroxylation sites is 1. The van der Waals surface area contributed by atoms with Gasteiger partial charge in [-0.15, -0.1) is 0 Å². The van der Waals surface area contributed by atoms with Crippen molar-refractivity contribution in [1.29, 1.82) is 0 Å². The van der Waals surface area contributed by atoms with E-state index < -0.39 is 6.10 Å². The number of benzene rings is 1. The lowest BCUT2D eigenvalue weighted by molar-refractivity contribution is 0.197. The van der Waals surface area contributed by atoms with E-state index in [1.54, 1.807) is 13.0 Å². The molecule has 2 heterocycles. The Bertz CT molecular complexity index is 669. The number of piperidine rings is 1. The molecule has 3 rings (SSSR count). The Kier molecular flexibility index (Phi) is 3.59. The first-order chi connectivity index (χ1) is 9.68. The number of hydrogen-bond donors (Lipinski definition) is 2. The first kappa shape index (κ1) is 13.3. The van der Waals surface area contributed by atoms with E-state index in [0.717, 1.165) is 36.9 Å². The van der Waals surface area contributed by atoms with Crippen LogP contribution in [0.4, 0.5) is 0 Å². The molecule has 1 aliphatic heterocycles. The summed E-state index contributed by atoms with van der Waals surface area (Å²) < 4.78 is 5.45. The van der Waals surface area contributed by atoms with Crippen molar-refractivity contribution in [2.24, 2.45) is 0 Å². The van der Waals surface area contributed by atoms with Crippen LogP contribution >= 0.6 is 0 Å². The van der Waals surface area contributed by atoms with Gasteiger partial charge in [0.05, 0.1) is 6.10 Å². The molecular weight excluding hydrogens is 254 g/mol. The second-order valence-electron chi connectivity index (χ2n) is 5.41.